The zero-order valence-electron chi connectivity index (χ0n) is 10.0. The summed E-state index contributed by atoms with van der Waals surface area (Å²) in [5, 5.41) is 8.26. The van der Waals surface area contributed by atoms with E-state index in [0.29, 0.717) is 0 Å². The third-order valence-electron chi connectivity index (χ3n) is 2.66. The van der Waals surface area contributed by atoms with Crippen LogP contribution in [0, 0.1) is 5.92 Å². The third-order valence-corrected chi connectivity index (χ3v) is 4.26. The summed E-state index contributed by atoms with van der Waals surface area (Å²) < 4.78 is 34.5. The fourth-order valence-electron chi connectivity index (χ4n) is 1.60. The molecule has 7 heteroatoms. The first-order valence-corrected chi connectivity index (χ1v) is 7.03. The quantitative estimate of drug-likeness (QED) is 0.601. The Bertz CT molecular complexity index is 253. The van der Waals surface area contributed by atoms with Gasteiger partial charge in [0.05, 0.1) is 6.10 Å². The molecule has 0 spiro atoms. The summed E-state index contributed by atoms with van der Waals surface area (Å²) >= 11 is 7.61. The maximum absolute atomic E-state index is 11.5. The van der Waals surface area contributed by atoms with E-state index in [4.69, 9.17) is 16.7 Å². The lowest BCUT2D eigenvalue weighted by molar-refractivity contribution is -0.142. The molecule has 1 aliphatic rings. The lowest BCUT2D eigenvalue weighted by Crippen LogP contribution is -2.32. The number of carbonyl (C=O) groups is 1. The Morgan fingerprint density at radius 1 is 1.33 bits per heavy atom. The second-order valence-electron chi connectivity index (χ2n) is 4.32. The minimum atomic E-state index is -4.35. The van der Waals surface area contributed by atoms with Gasteiger partial charge in [-0.15, -0.1) is 0 Å². The summed E-state index contributed by atoms with van der Waals surface area (Å²) in [5.41, 5.74) is 0. The van der Waals surface area contributed by atoms with Gasteiger partial charge in [-0.3, -0.25) is 4.79 Å². The summed E-state index contributed by atoms with van der Waals surface area (Å²) in [6.07, 6.45) is -0.0730. The number of carbonyl (C=O) groups excluding carboxylic acids is 1. The molecular formula is C11H17BrClF3O2. The van der Waals surface area contributed by atoms with Crippen molar-refractivity contribution in [2.24, 2.45) is 5.92 Å². The minimum Gasteiger partial charge on any atom is -0.392 e. The van der Waals surface area contributed by atoms with Gasteiger partial charge in [-0.05, 0) is 31.4 Å². The number of rotatable bonds is 2. The molecular weight excluding hydrogens is 336 g/mol. The predicted molar refractivity (Wildman–Crippen MR) is 67.9 cm³/mol. The van der Waals surface area contributed by atoms with Gasteiger partial charge < -0.3 is 5.11 Å². The highest BCUT2D eigenvalue weighted by molar-refractivity contribution is 9.09. The van der Waals surface area contributed by atoms with E-state index in [2.05, 4.69) is 15.9 Å². The predicted octanol–water partition coefficient (Wildman–Crippen LogP) is 4.03. The molecule has 0 aliphatic heterocycles. The smallest absolute Gasteiger partial charge is 0.392 e. The third kappa shape index (κ3) is 7.59. The van der Waals surface area contributed by atoms with Crippen LogP contribution in [0.1, 0.15) is 39.0 Å². The molecule has 0 aromatic carbocycles. The molecule has 0 saturated heterocycles. The molecule has 2 unspecified atom stereocenters. The fraction of sp³-hybridized carbons (Fsp3) is 0.909. The molecule has 1 aliphatic carbocycles. The number of hydrogen-bond acceptors (Lipinski definition) is 2. The summed E-state index contributed by atoms with van der Waals surface area (Å²) in [6, 6.07) is 0. The van der Waals surface area contributed by atoms with Gasteiger partial charge in [0.25, 0.3) is 0 Å². The Kier molecular flexibility index (Phi) is 8.47. The summed E-state index contributed by atoms with van der Waals surface area (Å²) in [5.74, 6) is 0.181. The Balaban J connectivity index is 0.000000321. The van der Waals surface area contributed by atoms with E-state index in [1.807, 2.05) is 0 Å². The van der Waals surface area contributed by atoms with Gasteiger partial charge in [0, 0.05) is 5.92 Å². The normalized spacial score (nSPS) is 20.6. The molecule has 1 rings (SSSR count). The highest BCUT2D eigenvalue weighted by Gasteiger charge is 2.40. The number of halogens is 5. The molecule has 0 aromatic heterocycles. The second-order valence-corrected chi connectivity index (χ2v) is 5.68. The Morgan fingerprint density at radius 3 is 1.94 bits per heavy atom. The van der Waals surface area contributed by atoms with E-state index in [1.54, 1.807) is 0 Å². The van der Waals surface area contributed by atoms with Crippen molar-refractivity contribution < 1.29 is 23.1 Å². The number of aliphatic hydroxyl groups excluding tert-OH is 1. The van der Waals surface area contributed by atoms with Crippen molar-refractivity contribution in [3.05, 3.63) is 0 Å². The van der Waals surface area contributed by atoms with E-state index >= 15 is 0 Å². The van der Waals surface area contributed by atoms with Crippen molar-refractivity contribution in [1.82, 2.24) is 0 Å². The van der Waals surface area contributed by atoms with Gasteiger partial charge >= 0.3 is 6.18 Å². The van der Waals surface area contributed by atoms with Crippen LogP contribution in [0.15, 0.2) is 0 Å². The number of hydrogen-bond donors (Lipinski definition) is 1. The van der Waals surface area contributed by atoms with Crippen molar-refractivity contribution in [2.45, 2.75) is 56.1 Å². The van der Waals surface area contributed by atoms with Crippen LogP contribution < -0.4 is 0 Å². The van der Waals surface area contributed by atoms with Crippen LogP contribution in [0.5, 0.6) is 0 Å². The molecule has 108 valence electrons. The highest BCUT2D eigenvalue weighted by Crippen LogP contribution is 2.28. The first-order chi connectivity index (χ1) is 8.16. The average Bonchev–Trinajstić information content (AvgIpc) is 2.28. The van der Waals surface area contributed by atoms with Crippen molar-refractivity contribution >= 4 is 32.8 Å². The molecule has 1 saturated carbocycles. The fourth-order valence-corrected chi connectivity index (χ4v) is 1.82. The van der Waals surface area contributed by atoms with Gasteiger partial charge in [0.2, 0.25) is 5.24 Å². The maximum Gasteiger partial charge on any atom is 0.403 e. The largest absolute Gasteiger partial charge is 0.403 e. The molecule has 1 N–H and O–H groups in total. The Labute approximate surface area is 118 Å². The molecule has 0 aromatic rings. The molecule has 0 amide bonds. The topological polar surface area (TPSA) is 37.3 Å². The molecule has 0 bridgehead atoms. The van der Waals surface area contributed by atoms with Crippen molar-refractivity contribution in [2.75, 3.05) is 0 Å². The molecule has 0 radical (unpaired) electrons. The summed E-state index contributed by atoms with van der Waals surface area (Å²) in [4.78, 5) is 8.75. The van der Waals surface area contributed by atoms with E-state index < -0.39 is 17.1 Å². The van der Waals surface area contributed by atoms with Gasteiger partial charge in [-0.2, -0.15) is 13.2 Å². The SMILES string of the molecule is CC(O)C(Br)C(F)(F)F.O=C(Cl)C1CCCCC1. The van der Waals surface area contributed by atoms with Crippen LogP contribution >= 0.6 is 27.5 Å². The van der Waals surface area contributed by atoms with Crippen LogP contribution in [0.3, 0.4) is 0 Å². The zero-order chi connectivity index (χ0) is 14.3. The lowest BCUT2D eigenvalue weighted by atomic mass is 9.90. The van der Waals surface area contributed by atoms with Crippen LogP contribution in [0.2, 0.25) is 0 Å². The summed E-state index contributed by atoms with van der Waals surface area (Å²) in [6.45, 7) is 1.08. The minimum absolute atomic E-state index is 0.130. The molecule has 18 heavy (non-hydrogen) atoms. The van der Waals surface area contributed by atoms with E-state index in [0.717, 1.165) is 19.8 Å². The number of alkyl halides is 4. The second kappa shape index (κ2) is 8.38. The highest BCUT2D eigenvalue weighted by atomic mass is 79.9. The van der Waals surface area contributed by atoms with E-state index in [9.17, 15) is 18.0 Å². The standard InChI is InChI=1S/C7H11ClO.C4H6BrF3O/c8-7(9)6-4-2-1-3-5-6;1-2(9)3(5)4(6,7)8/h6H,1-5H2;2-3,9H,1H3. The first-order valence-electron chi connectivity index (χ1n) is 5.74. The number of aliphatic hydroxyl groups is 1. The van der Waals surface area contributed by atoms with Gasteiger partial charge in [0.1, 0.15) is 4.83 Å². The van der Waals surface area contributed by atoms with Crippen LogP contribution in [-0.2, 0) is 4.79 Å². The van der Waals surface area contributed by atoms with Gasteiger partial charge in [-0.1, -0.05) is 35.2 Å². The molecule has 2 nitrogen and oxygen atoms in total. The maximum atomic E-state index is 11.5. The monoisotopic (exact) mass is 352 g/mol. The molecule has 0 heterocycles. The van der Waals surface area contributed by atoms with Gasteiger partial charge in [0.15, 0.2) is 0 Å². The molecule has 2 atom stereocenters. The van der Waals surface area contributed by atoms with Crippen molar-refractivity contribution in [3.63, 3.8) is 0 Å². The van der Waals surface area contributed by atoms with E-state index in [-0.39, 0.29) is 11.2 Å². The Morgan fingerprint density at radius 2 is 1.78 bits per heavy atom. The first kappa shape index (κ1) is 18.2. The van der Waals surface area contributed by atoms with Crippen LogP contribution in [0.25, 0.3) is 0 Å². The zero-order valence-corrected chi connectivity index (χ0v) is 12.4. The average molecular weight is 354 g/mol. The summed E-state index contributed by atoms with van der Waals surface area (Å²) in [7, 11) is 0. The van der Waals surface area contributed by atoms with Gasteiger partial charge in [-0.25, -0.2) is 0 Å². The van der Waals surface area contributed by atoms with E-state index in [1.165, 1.54) is 19.3 Å². The molecule has 1 fully saturated rings. The Hall–Kier alpha value is 0.190. The lowest BCUT2D eigenvalue weighted by Gasteiger charge is -2.16. The van der Waals surface area contributed by atoms with Crippen molar-refractivity contribution in [3.8, 4) is 0 Å². The van der Waals surface area contributed by atoms with Crippen LogP contribution in [-0.4, -0.2) is 27.5 Å². The van der Waals surface area contributed by atoms with Crippen LogP contribution in [0.4, 0.5) is 13.2 Å². The van der Waals surface area contributed by atoms with Crippen molar-refractivity contribution in [1.29, 1.82) is 0 Å².